The minimum Gasteiger partial charge on any atom is -0.350 e. The van der Waals surface area contributed by atoms with Crippen molar-refractivity contribution in [1.29, 1.82) is 0 Å². The maximum Gasteiger partial charge on any atom is 0.158 e. The largest absolute Gasteiger partial charge is 0.350 e. The van der Waals surface area contributed by atoms with Crippen molar-refractivity contribution in [3.05, 3.63) is 11.6 Å². The first-order valence-electron chi connectivity index (χ1n) is 8.76. The molecule has 0 saturated carbocycles. The summed E-state index contributed by atoms with van der Waals surface area (Å²) in [7, 11) is 0. The van der Waals surface area contributed by atoms with Crippen molar-refractivity contribution in [1.82, 2.24) is 4.90 Å². The smallest absolute Gasteiger partial charge is 0.158 e. The van der Waals surface area contributed by atoms with Crippen molar-refractivity contribution in [2.45, 2.75) is 71.7 Å². The van der Waals surface area contributed by atoms with Crippen molar-refractivity contribution in [3.8, 4) is 0 Å². The van der Waals surface area contributed by atoms with E-state index >= 15 is 0 Å². The van der Waals surface area contributed by atoms with Crippen molar-refractivity contribution >= 4 is 0 Å². The number of ether oxygens (including phenoxy) is 2. The van der Waals surface area contributed by atoms with Gasteiger partial charge in [0, 0.05) is 13.0 Å². The summed E-state index contributed by atoms with van der Waals surface area (Å²) in [6.07, 6.45) is 10.2. The predicted molar refractivity (Wildman–Crippen MR) is 87.4 cm³/mol. The first-order chi connectivity index (χ1) is 10.1. The molecular formula is C18H33NO2. The molecule has 3 nitrogen and oxygen atoms in total. The number of piperidine rings is 1. The Bertz CT molecular complexity index is 319. The van der Waals surface area contributed by atoms with Crippen LogP contribution in [0, 0.1) is 5.92 Å². The van der Waals surface area contributed by atoms with Crippen LogP contribution in [0.2, 0.25) is 0 Å². The molecule has 0 aromatic rings. The van der Waals surface area contributed by atoms with Gasteiger partial charge in [-0.3, -0.25) is 0 Å². The molecule has 2 aliphatic rings. The summed E-state index contributed by atoms with van der Waals surface area (Å²) < 4.78 is 11.9. The summed E-state index contributed by atoms with van der Waals surface area (Å²) in [5, 5.41) is 0. The van der Waals surface area contributed by atoms with E-state index in [4.69, 9.17) is 9.47 Å². The molecule has 0 aromatic heterocycles. The van der Waals surface area contributed by atoms with Crippen LogP contribution in [0.4, 0.5) is 0 Å². The summed E-state index contributed by atoms with van der Waals surface area (Å²) in [5.74, 6) is 0.666. The van der Waals surface area contributed by atoms with Gasteiger partial charge in [0.2, 0.25) is 0 Å². The third kappa shape index (κ3) is 6.50. The van der Waals surface area contributed by atoms with Gasteiger partial charge in [-0.2, -0.15) is 0 Å². The van der Waals surface area contributed by atoms with Gasteiger partial charge >= 0.3 is 0 Å². The zero-order valence-electron chi connectivity index (χ0n) is 14.1. The fourth-order valence-corrected chi connectivity index (χ4v) is 3.26. The van der Waals surface area contributed by atoms with E-state index in [1.54, 1.807) is 0 Å². The van der Waals surface area contributed by atoms with Crippen LogP contribution in [0.25, 0.3) is 0 Å². The van der Waals surface area contributed by atoms with Crippen LogP contribution in [0.1, 0.15) is 59.3 Å². The summed E-state index contributed by atoms with van der Waals surface area (Å²) in [6.45, 7) is 11.0. The Balaban J connectivity index is 1.61. The van der Waals surface area contributed by atoms with Gasteiger partial charge in [0.05, 0.1) is 12.7 Å². The third-order valence-electron chi connectivity index (χ3n) is 4.53. The van der Waals surface area contributed by atoms with Crippen LogP contribution in [0.5, 0.6) is 0 Å². The summed E-state index contributed by atoms with van der Waals surface area (Å²) >= 11 is 0. The Hall–Kier alpha value is -0.380. The topological polar surface area (TPSA) is 21.7 Å². The molecule has 2 rings (SSSR count). The maximum absolute atomic E-state index is 6.08. The average molecular weight is 295 g/mol. The quantitative estimate of drug-likeness (QED) is 0.663. The Morgan fingerprint density at radius 2 is 2.00 bits per heavy atom. The van der Waals surface area contributed by atoms with Crippen molar-refractivity contribution < 1.29 is 9.47 Å². The number of nitrogens with zero attached hydrogens (tertiary/aromatic N) is 1. The predicted octanol–water partition coefficient (Wildman–Crippen LogP) is 3.99. The number of allylic oxidation sites excluding steroid dienone is 2. The molecule has 21 heavy (non-hydrogen) atoms. The summed E-state index contributed by atoms with van der Waals surface area (Å²) in [6, 6.07) is 0. The molecular weight excluding hydrogens is 262 g/mol. The first-order valence-corrected chi connectivity index (χ1v) is 8.76. The van der Waals surface area contributed by atoms with Crippen LogP contribution >= 0.6 is 0 Å². The highest BCUT2D eigenvalue weighted by Crippen LogP contribution is 2.23. The van der Waals surface area contributed by atoms with E-state index < -0.39 is 0 Å². The highest BCUT2D eigenvalue weighted by atomic mass is 16.7. The molecule has 0 spiro atoms. The van der Waals surface area contributed by atoms with E-state index in [0.29, 0.717) is 5.92 Å². The molecule has 3 heteroatoms. The lowest BCUT2D eigenvalue weighted by Crippen LogP contribution is -2.37. The molecule has 2 fully saturated rings. The monoisotopic (exact) mass is 295 g/mol. The molecule has 122 valence electrons. The van der Waals surface area contributed by atoms with Gasteiger partial charge in [0.1, 0.15) is 0 Å². The van der Waals surface area contributed by atoms with Gasteiger partial charge in [0.15, 0.2) is 6.29 Å². The fraction of sp³-hybridized carbons (Fsp3) is 0.889. The van der Waals surface area contributed by atoms with E-state index in [1.165, 1.54) is 50.8 Å². The highest BCUT2D eigenvalue weighted by Gasteiger charge is 2.28. The number of hydrogen-bond donors (Lipinski definition) is 0. The Labute approximate surface area is 130 Å². The number of hydrogen-bond acceptors (Lipinski definition) is 3. The molecule has 2 heterocycles. The van der Waals surface area contributed by atoms with Crippen LogP contribution in [0.3, 0.4) is 0 Å². The van der Waals surface area contributed by atoms with Crippen molar-refractivity contribution in [2.75, 3.05) is 26.2 Å². The van der Waals surface area contributed by atoms with Crippen molar-refractivity contribution in [3.63, 3.8) is 0 Å². The molecule has 0 radical (unpaired) electrons. The minimum atomic E-state index is 0.0292. The lowest BCUT2D eigenvalue weighted by molar-refractivity contribution is -0.0745. The third-order valence-corrected chi connectivity index (χ3v) is 4.53. The maximum atomic E-state index is 6.08. The van der Waals surface area contributed by atoms with E-state index in [1.807, 2.05) is 0 Å². The Kier molecular flexibility index (Phi) is 7.21. The number of likely N-dealkylation sites (tertiary alicyclic amines) is 1. The second-order valence-corrected chi connectivity index (χ2v) is 7.08. The van der Waals surface area contributed by atoms with Gasteiger partial charge in [-0.1, -0.05) is 25.0 Å². The normalized spacial score (nSPS) is 28.5. The molecule has 3 atom stereocenters. The summed E-state index contributed by atoms with van der Waals surface area (Å²) in [5.41, 5.74) is 1.41. The first kappa shape index (κ1) is 17.0. The van der Waals surface area contributed by atoms with Gasteiger partial charge < -0.3 is 14.4 Å². The van der Waals surface area contributed by atoms with E-state index in [0.717, 1.165) is 19.6 Å². The van der Waals surface area contributed by atoms with E-state index in [-0.39, 0.29) is 12.4 Å². The van der Waals surface area contributed by atoms with Crippen LogP contribution in [-0.4, -0.2) is 43.5 Å². The van der Waals surface area contributed by atoms with Gasteiger partial charge in [0.25, 0.3) is 0 Å². The van der Waals surface area contributed by atoms with Gasteiger partial charge in [-0.25, -0.2) is 0 Å². The molecule has 0 amide bonds. The molecule has 2 aliphatic heterocycles. The zero-order valence-corrected chi connectivity index (χ0v) is 14.1. The summed E-state index contributed by atoms with van der Waals surface area (Å²) in [4.78, 5) is 2.54. The van der Waals surface area contributed by atoms with E-state index in [2.05, 4.69) is 31.7 Å². The highest BCUT2D eigenvalue weighted by molar-refractivity contribution is 4.92. The molecule has 0 aromatic carbocycles. The second kappa shape index (κ2) is 8.92. The van der Waals surface area contributed by atoms with Crippen LogP contribution in [0.15, 0.2) is 11.6 Å². The lowest BCUT2D eigenvalue weighted by Gasteiger charge is -2.28. The zero-order chi connectivity index (χ0) is 15.1. The fourth-order valence-electron chi connectivity index (χ4n) is 3.26. The second-order valence-electron chi connectivity index (χ2n) is 7.08. The Morgan fingerprint density at radius 3 is 2.71 bits per heavy atom. The Morgan fingerprint density at radius 1 is 1.24 bits per heavy atom. The molecule has 3 unspecified atom stereocenters. The molecule has 0 N–H and O–H groups in total. The SMILES string of the molecule is CC(C)=CCCC(C)CC1OCC(CN2CCCCC2)O1. The standard InChI is InChI=1S/C18H33NO2/c1-15(2)8-7-9-16(3)12-18-20-14-17(21-18)13-19-10-5-4-6-11-19/h8,16-18H,4-7,9-14H2,1-3H3. The average Bonchev–Trinajstić information content (AvgIpc) is 2.86. The lowest BCUT2D eigenvalue weighted by atomic mass is 10.0. The van der Waals surface area contributed by atoms with E-state index in [9.17, 15) is 0 Å². The molecule has 0 aliphatic carbocycles. The molecule has 2 saturated heterocycles. The van der Waals surface area contributed by atoms with Gasteiger partial charge in [-0.05, 0) is 58.5 Å². The molecule has 0 bridgehead atoms. The van der Waals surface area contributed by atoms with Gasteiger partial charge in [-0.15, -0.1) is 0 Å². The van der Waals surface area contributed by atoms with Crippen LogP contribution in [-0.2, 0) is 9.47 Å². The number of rotatable bonds is 7. The van der Waals surface area contributed by atoms with Crippen molar-refractivity contribution in [2.24, 2.45) is 5.92 Å². The van der Waals surface area contributed by atoms with Crippen LogP contribution < -0.4 is 0 Å². The minimum absolute atomic E-state index is 0.0292.